The van der Waals surface area contributed by atoms with Gasteiger partial charge in [-0.05, 0) is 32.9 Å². The standard InChI is InChI=1S/C22H28ClF2N4O9P/c1-11(2)36-19(32)12(3)28-39(34,38-13-7-5-4-6-8-13)35-10-22(20(24)25)16(31)15(30)18(37-22)29-9-14(23)17(26)27-21(29)33/h4-9,11-12,15-16,18,20,30-31H,10H2,1-3H3,(H,28,34)(H2,26,27,33)/t12-,15-,16-,18+,22+,39?/m0/s1. The minimum atomic E-state index is -4.67. The number of ether oxygens (including phenoxy) is 2. The summed E-state index contributed by atoms with van der Waals surface area (Å²) in [7, 11) is -4.67. The molecule has 6 atom stereocenters. The molecular weight excluding hydrogens is 569 g/mol. The van der Waals surface area contributed by atoms with Gasteiger partial charge in [0.25, 0.3) is 6.43 Å². The molecule has 1 unspecified atom stereocenters. The first-order chi connectivity index (χ1) is 18.2. The van der Waals surface area contributed by atoms with E-state index in [9.17, 15) is 33.1 Å². The number of aliphatic hydroxyl groups is 2. The number of carbonyl (C=O) groups excluding carboxylic acids is 1. The first kappa shape index (κ1) is 30.9. The molecule has 1 saturated heterocycles. The first-order valence-electron chi connectivity index (χ1n) is 11.5. The third-order valence-electron chi connectivity index (χ3n) is 5.52. The van der Waals surface area contributed by atoms with Crippen molar-refractivity contribution in [3.63, 3.8) is 0 Å². The summed E-state index contributed by atoms with van der Waals surface area (Å²) < 4.78 is 64.2. The molecule has 1 aromatic heterocycles. The van der Waals surface area contributed by atoms with Crippen molar-refractivity contribution in [3.8, 4) is 5.75 Å². The highest BCUT2D eigenvalue weighted by atomic mass is 35.5. The zero-order valence-corrected chi connectivity index (χ0v) is 22.6. The number of hydrogen-bond donors (Lipinski definition) is 4. The Hall–Kier alpha value is -2.65. The zero-order valence-electron chi connectivity index (χ0n) is 20.9. The normalized spacial score (nSPS) is 25.4. The number of halogens is 3. The molecule has 0 amide bonds. The van der Waals surface area contributed by atoms with Crippen molar-refractivity contribution in [1.82, 2.24) is 14.6 Å². The molecule has 17 heteroatoms. The molecule has 3 rings (SSSR count). The van der Waals surface area contributed by atoms with E-state index in [1.165, 1.54) is 31.2 Å². The van der Waals surface area contributed by atoms with E-state index in [0.717, 1.165) is 6.20 Å². The summed E-state index contributed by atoms with van der Waals surface area (Å²) in [5, 5.41) is 23.2. The molecule has 0 bridgehead atoms. The number of nitrogens with zero attached hydrogens (tertiary/aromatic N) is 2. The summed E-state index contributed by atoms with van der Waals surface area (Å²) >= 11 is 5.87. The Morgan fingerprint density at radius 3 is 2.54 bits per heavy atom. The number of benzene rings is 1. The highest BCUT2D eigenvalue weighted by Crippen LogP contribution is 2.49. The summed E-state index contributed by atoms with van der Waals surface area (Å²) in [6.45, 7) is 3.13. The number of aromatic nitrogens is 2. The van der Waals surface area contributed by atoms with Crippen molar-refractivity contribution < 1.29 is 46.9 Å². The van der Waals surface area contributed by atoms with Gasteiger partial charge in [0.2, 0.25) is 0 Å². The van der Waals surface area contributed by atoms with Gasteiger partial charge >= 0.3 is 19.4 Å². The van der Waals surface area contributed by atoms with Gasteiger partial charge < -0.3 is 29.9 Å². The molecule has 0 spiro atoms. The molecule has 216 valence electrons. The van der Waals surface area contributed by atoms with Crippen molar-refractivity contribution in [2.24, 2.45) is 0 Å². The highest BCUT2D eigenvalue weighted by molar-refractivity contribution is 7.52. The third-order valence-corrected chi connectivity index (χ3v) is 7.44. The second-order valence-electron chi connectivity index (χ2n) is 8.88. The molecule has 2 aromatic rings. The van der Waals surface area contributed by atoms with Crippen LogP contribution in [0.4, 0.5) is 14.6 Å². The molecule has 2 heterocycles. The molecule has 5 N–H and O–H groups in total. The van der Waals surface area contributed by atoms with Gasteiger partial charge in [-0.2, -0.15) is 10.1 Å². The van der Waals surface area contributed by atoms with E-state index >= 15 is 0 Å². The number of carbonyl (C=O) groups is 1. The smallest absolute Gasteiger partial charge is 0.459 e. The number of nitrogens with one attached hydrogen (secondary N) is 1. The summed E-state index contributed by atoms with van der Waals surface area (Å²) in [6, 6.07) is 6.19. The van der Waals surface area contributed by atoms with Crippen LogP contribution in [-0.2, 0) is 23.4 Å². The minimum absolute atomic E-state index is 0.0104. The van der Waals surface area contributed by atoms with Crippen LogP contribution in [0.2, 0.25) is 5.02 Å². The Morgan fingerprint density at radius 2 is 1.95 bits per heavy atom. The second kappa shape index (κ2) is 12.3. The molecule has 1 fully saturated rings. The van der Waals surface area contributed by atoms with Crippen LogP contribution in [0.1, 0.15) is 27.0 Å². The molecule has 1 aliphatic rings. The Kier molecular flexibility index (Phi) is 9.70. The van der Waals surface area contributed by atoms with E-state index in [-0.39, 0.29) is 16.6 Å². The lowest BCUT2D eigenvalue weighted by Crippen LogP contribution is -2.53. The maximum Gasteiger partial charge on any atom is 0.459 e. The maximum absolute atomic E-state index is 14.4. The Balaban J connectivity index is 1.92. The van der Waals surface area contributed by atoms with Gasteiger partial charge in [-0.25, -0.2) is 18.1 Å². The predicted molar refractivity (Wildman–Crippen MR) is 133 cm³/mol. The van der Waals surface area contributed by atoms with E-state index in [1.54, 1.807) is 19.9 Å². The fourth-order valence-corrected chi connectivity index (χ4v) is 5.23. The minimum Gasteiger partial charge on any atom is -0.462 e. The lowest BCUT2D eigenvalue weighted by atomic mass is 9.96. The molecule has 1 aliphatic heterocycles. The summed E-state index contributed by atoms with van der Waals surface area (Å²) in [5.74, 6) is -1.21. The van der Waals surface area contributed by atoms with Crippen LogP contribution in [0, 0.1) is 0 Å². The van der Waals surface area contributed by atoms with E-state index < -0.39 is 68.6 Å². The number of alkyl halides is 2. The molecule has 0 saturated carbocycles. The highest BCUT2D eigenvalue weighted by Gasteiger charge is 2.61. The largest absolute Gasteiger partial charge is 0.462 e. The van der Waals surface area contributed by atoms with Gasteiger partial charge in [0.1, 0.15) is 29.8 Å². The monoisotopic (exact) mass is 596 g/mol. The van der Waals surface area contributed by atoms with Crippen molar-refractivity contribution in [2.75, 3.05) is 12.3 Å². The first-order valence-corrected chi connectivity index (χ1v) is 13.4. The average Bonchev–Trinajstić information content (AvgIpc) is 3.11. The molecular formula is C22H28ClF2N4O9P. The molecule has 13 nitrogen and oxygen atoms in total. The van der Waals surface area contributed by atoms with Crippen LogP contribution >= 0.6 is 19.3 Å². The van der Waals surface area contributed by atoms with Gasteiger partial charge in [0, 0.05) is 6.20 Å². The molecule has 39 heavy (non-hydrogen) atoms. The number of hydrogen-bond acceptors (Lipinski definition) is 11. The van der Waals surface area contributed by atoms with Crippen molar-refractivity contribution in [2.45, 2.75) is 63.4 Å². The summed E-state index contributed by atoms with van der Waals surface area (Å²) in [6.07, 6.45) is -9.54. The fourth-order valence-electron chi connectivity index (χ4n) is 3.55. The molecule has 1 aromatic carbocycles. The van der Waals surface area contributed by atoms with Crippen LogP contribution in [-0.4, -0.2) is 68.7 Å². The SMILES string of the molecule is CC(C)OC(=O)[C@H](C)NP(=O)(OC[C@@]1(C(F)F)O[C@@H](n2cc(Cl)c(N)nc2=O)[C@@H](O)[C@@H]1O)Oc1ccccc1. The molecule has 0 aliphatic carbocycles. The van der Waals surface area contributed by atoms with Crippen LogP contribution in [0.15, 0.2) is 41.3 Å². The number of anilines is 1. The number of rotatable bonds is 11. The van der Waals surface area contributed by atoms with Gasteiger partial charge in [-0.3, -0.25) is 13.9 Å². The lowest BCUT2D eigenvalue weighted by Gasteiger charge is -2.32. The van der Waals surface area contributed by atoms with E-state index in [2.05, 4.69) is 10.1 Å². The van der Waals surface area contributed by atoms with Crippen molar-refractivity contribution in [3.05, 3.63) is 52.0 Å². The van der Waals surface area contributed by atoms with E-state index in [0.29, 0.717) is 4.57 Å². The number of esters is 1. The van der Waals surface area contributed by atoms with Crippen LogP contribution < -0.4 is 21.0 Å². The molecule has 0 radical (unpaired) electrons. The lowest BCUT2D eigenvalue weighted by molar-refractivity contribution is -0.192. The Labute approximate surface area is 226 Å². The second-order valence-corrected chi connectivity index (χ2v) is 11.0. The summed E-state index contributed by atoms with van der Waals surface area (Å²) in [4.78, 5) is 28.0. The van der Waals surface area contributed by atoms with Gasteiger partial charge in [0.15, 0.2) is 11.8 Å². The van der Waals surface area contributed by atoms with Gasteiger partial charge in [0.05, 0.1) is 17.7 Å². The van der Waals surface area contributed by atoms with E-state index in [1.807, 2.05) is 0 Å². The Morgan fingerprint density at radius 1 is 1.31 bits per heavy atom. The maximum atomic E-state index is 14.4. The quantitative estimate of drug-likeness (QED) is 0.218. The van der Waals surface area contributed by atoms with Crippen LogP contribution in [0.25, 0.3) is 0 Å². The number of para-hydroxylation sites is 1. The predicted octanol–water partition coefficient (Wildman–Crippen LogP) is 1.87. The van der Waals surface area contributed by atoms with Crippen LogP contribution in [0.3, 0.4) is 0 Å². The average molecular weight is 597 g/mol. The third kappa shape index (κ3) is 6.92. The fraction of sp³-hybridized carbons (Fsp3) is 0.500. The van der Waals surface area contributed by atoms with E-state index in [4.69, 9.17) is 35.9 Å². The van der Waals surface area contributed by atoms with Crippen molar-refractivity contribution in [1.29, 1.82) is 0 Å². The zero-order chi connectivity index (χ0) is 29.1. The van der Waals surface area contributed by atoms with Crippen LogP contribution in [0.5, 0.6) is 5.75 Å². The van der Waals surface area contributed by atoms with Gasteiger partial charge in [-0.1, -0.05) is 29.8 Å². The number of nitrogens with two attached hydrogens (primary N) is 1. The summed E-state index contributed by atoms with van der Waals surface area (Å²) in [5.41, 5.74) is 1.33. The van der Waals surface area contributed by atoms with Crippen molar-refractivity contribution >= 4 is 31.1 Å². The number of aliphatic hydroxyl groups excluding tert-OH is 2. The van der Waals surface area contributed by atoms with Gasteiger partial charge in [-0.15, -0.1) is 0 Å². The Bertz CT molecular complexity index is 1270. The number of nitrogen functional groups attached to an aromatic ring is 1. The topological polar surface area (TPSA) is 184 Å².